The Morgan fingerprint density at radius 3 is 1.00 bits per heavy atom. The molecule has 12 aromatic rings. The first-order valence-corrected chi connectivity index (χ1v) is 31.0. The number of nitrogens with zero attached hydrogens (tertiary/aromatic N) is 2. The molecule has 2 aliphatic carbocycles. The van der Waals surface area contributed by atoms with Crippen LogP contribution in [0.5, 0.6) is 0 Å². The van der Waals surface area contributed by atoms with Gasteiger partial charge in [0.1, 0.15) is 5.82 Å². The van der Waals surface area contributed by atoms with Crippen LogP contribution < -0.4 is 9.80 Å². The van der Waals surface area contributed by atoms with Gasteiger partial charge in [0.15, 0.2) is 0 Å². The third kappa shape index (κ3) is 9.47. The summed E-state index contributed by atoms with van der Waals surface area (Å²) >= 11 is 0. The van der Waals surface area contributed by atoms with E-state index < -0.39 is 10.8 Å². The van der Waals surface area contributed by atoms with Gasteiger partial charge in [0.05, 0.1) is 10.8 Å². The third-order valence-corrected chi connectivity index (χ3v) is 18.8. The Morgan fingerprint density at radius 1 is 0.303 bits per heavy atom. The predicted molar refractivity (Wildman–Crippen MR) is 373 cm³/mol. The summed E-state index contributed by atoms with van der Waals surface area (Å²) in [5.74, 6) is -0.313. The Morgan fingerprint density at radius 2 is 0.618 bits per heavy atom. The largest absolute Gasteiger partial charge is 0.310 e. The molecule has 2 unspecified atom stereocenters. The van der Waals surface area contributed by atoms with Gasteiger partial charge in [-0.05, 0) is 184 Å². The van der Waals surface area contributed by atoms with E-state index in [9.17, 15) is 0 Å². The molecule has 0 N–H and O–H groups in total. The second kappa shape index (κ2) is 22.1. The lowest BCUT2D eigenvalue weighted by molar-refractivity contribution is 0.589. The van der Waals surface area contributed by atoms with Gasteiger partial charge >= 0.3 is 0 Å². The molecule has 0 saturated carbocycles. The lowest BCUT2D eigenvalue weighted by atomic mass is 9.67. The van der Waals surface area contributed by atoms with Crippen LogP contribution in [-0.4, -0.2) is 0 Å². The van der Waals surface area contributed by atoms with Crippen molar-refractivity contribution in [3.63, 3.8) is 0 Å². The van der Waals surface area contributed by atoms with Crippen molar-refractivity contribution in [1.29, 1.82) is 0 Å². The Kier molecular flexibility index (Phi) is 14.0. The minimum Gasteiger partial charge on any atom is -0.310 e. The molecule has 2 aliphatic rings. The zero-order chi connectivity index (χ0) is 61.2. The molecule has 2 atom stereocenters. The molecule has 0 aromatic heterocycles. The summed E-state index contributed by atoms with van der Waals surface area (Å²) in [5.41, 5.74) is 24.6. The summed E-state index contributed by atoms with van der Waals surface area (Å²) in [6.45, 7) is 21.8. The van der Waals surface area contributed by atoms with Crippen molar-refractivity contribution in [2.45, 2.75) is 63.2 Å². The average Bonchev–Trinajstić information content (AvgIpc) is 1.58. The van der Waals surface area contributed by atoms with Crippen LogP contribution >= 0.6 is 0 Å². The van der Waals surface area contributed by atoms with Crippen LogP contribution in [0.1, 0.15) is 108 Å². The van der Waals surface area contributed by atoms with Crippen molar-refractivity contribution in [2.24, 2.45) is 0 Å². The number of fused-ring (bicyclic) bond motifs is 6. The van der Waals surface area contributed by atoms with Crippen LogP contribution in [0.15, 0.2) is 298 Å². The first-order valence-electron chi connectivity index (χ1n) is 31.0. The maximum Gasteiger partial charge on any atom is 0.133 e. The molecule has 0 aliphatic heterocycles. The van der Waals surface area contributed by atoms with E-state index in [1.807, 2.05) is 36.4 Å². The monoisotopic (exact) mass is 1150 g/mol. The number of benzene rings is 12. The van der Waals surface area contributed by atoms with Gasteiger partial charge < -0.3 is 9.80 Å². The number of hydrogen-bond donors (Lipinski definition) is 0. The van der Waals surface area contributed by atoms with Crippen molar-refractivity contribution < 1.29 is 4.39 Å². The fourth-order valence-corrected chi connectivity index (χ4v) is 14.3. The van der Waals surface area contributed by atoms with Gasteiger partial charge in [0, 0.05) is 39.7 Å². The molecule has 3 heteroatoms. The molecule has 0 fully saturated rings. The van der Waals surface area contributed by atoms with Crippen LogP contribution in [0.25, 0.3) is 45.5 Å². The highest BCUT2D eigenvalue weighted by Crippen LogP contribution is 2.60. The Bertz CT molecular complexity index is 4630. The summed E-state index contributed by atoms with van der Waals surface area (Å²) in [7, 11) is 0. The normalized spacial score (nSPS) is 15.5. The topological polar surface area (TPSA) is 6.48 Å². The molecule has 0 bridgehead atoms. The fraction of sp³-hybridized carbons (Fsp3) is 0.116. The maximum absolute atomic E-state index is 17.5. The van der Waals surface area contributed by atoms with Gasteiger partial charge in [0.25, 0.3) is 0 Å². The van der Waals surface area contributed by atoms with Crippen LogP contribution in [-0.2, 0) is 21.7 Å². The molecular weight excluding hydrogens is 1080 g/mol. The van der Waals surface area contributed by atoms with Gasteiger partial charge in [-0.2, -0.15) is 0 Å². The Hall–Kier alpha value is -10.4. The molecule has 0 amide bonds. The lowest BCUT2D eigenvalue weighted by Crippen LogP contribution is -2.29. The number of anilines is 6. The second-order valence-electron chi connectivity index (χ2n) is 25.9. The van der Waals surface area contributed by atoms with Crippen LogP contribution in [0.4, 0.5) is 38.5 Å². The zero-order valence-corrected chi connectivity index (χ0v) is 51.5. The molecule has 0 heterocycles. The minimum absolute atomic E-state index is 0.00557. The van der Waals surface area contributed by atoms with E-state index in [1.54, 1.807) is 6.07 Å². The van der Waals surface area contributed by atoms with Gasteiger partial charge in [-0.15, -0.1) is 0 Å². The van der Waals surface area contributed by atoms with E-state index >= 15 is 4.39 Å². The molecule has 0 radical (unpaired) electrons. The molecule has 89 heavy (non-hydrogen) atoms. The zero-order valence-electron chi connectivity index (χ0n) is 51.5. The SMILES string of the molecule is C=Cc1ccc(C2(c3ccc(C(C)(C)C)cc3)c3ccccc3-c3ccc(N(c4ccccc4)c4ccc(-c5ccc(N(c6ccccc6)c6ccc7c(c6)C(c6ccc(C=C)cc6)(c6ccc(C(C)(C)C)cc6)c6ccccc6-7)cc5F)cc4)cc32)cc1. The molecular formula is C86H71FN2. The summed E-state index contributed by atoms with van der Waals surface area (Å²) in [6, 6.07) is 103. The standard InChI is InChI=1S/C86H71FN2/c1-9-58-29-35-63(36-30-58)85(65-43-39-61(40-44-65)83(3,4)5)78-27-19-17-25-74(78)76-53-50-70(55-80(76)85)88(67-21-13-11-14-22-67)69-47-33-60(34-48-69)73-52-49-72(57-82(73)87)89(68-23-15-12-16-24-68)71-51-54-77-75-26-18-20-28-79(75)86(81(77)56-71,64-37-31-59(10-2)32-38-64)66-45-41-62(42-46-66)84(6,7)8/h9-57H,1-2H2,3-8H3. The van der Waals surface area contributed by atoms with Gasteiger partial charge in [-0.25, -0.2) is 4.39 Å². The maximum atomic E-state index is 17.5. The number of hydrogen-bond acceptors (Lipinski definition) is 2. The number of para-hydroxylation sites is 2. The molecule has 0 saturated heterocycles. The number of rotatable bonds is 13. The average molecular weight is 1150 g/mol. The Labute approximate surface area is 524 Å². The van der Waals surface area contributed by atoms with Gasteiger partial charge in [-0.3, -0.25) is 0 Å². The van der Waals surface area contributed by atoms with E-state index in [2.05, 4.69) is 319 Å². The summed E-state index contributed by atoms with van der Waals surface area (Å²) < 4.78 is 17.5. The smallest absolute Gasteiger partial charge is 0.133 e. The van der Waals surface area contributed by atoms with E-state index in [0.29, 0.717) is 11.3 Å². The van der Waals surface area contributed by atoms with E-state index in [1.165, 1.54) is 77.9 Å². The van der Waals surface area contributed by atoms with Crippen molar-refractivity contribution in [1.82, 2.24) is 0 Å². The molecule has 432 valence electrons. The molecule has 2 nitrogen and oxygen atoms in total. The highest BCUT2D eigenvalue weighted by atomic mass is 19.1. The first-order chi connectivity index (χ1) is 43.2. The first kappa shape index (κ1) is 56.5. The highest BCUT2D eigenvalue weighted by Gasteiger charge is 2.48. The van der Waals surface area contributed by atoms with E-state index in [-0.39, 0.29) is 16.6 Å². The van der Waals surface area contributed by atoms with Gasteiger partial charge in [-0.1, -0.05) is 273 Å². The Balaban J connectivity index is 0.862. The van der Waals surface area contributed by atoms with Crippen LogP contribution in [0.2, 0.25) is 0 Å². The second-order valence-corrected chi connectivity index (χ2v) is 25.9. The molecule has 14 rings (SSSR count). The minimum atomic E-state index is -0.661. The third-order valence-electron chi connectivity index (χ3n) is 18.8. The van der Waals surface area contributed by atoms with E-state index in [0.717, 1.165) is 45.1 Å². The van der Waals surface area contributed by atoms with E-state index in [4.69, 9.17) is 0 Å². The van der Waals surface area contributed by atoms with Crippen molar-refractivity contribution in [3.8, 4) is 33.4 Å². The number of halogens is 1. The van der Waals surface area contributed by atoms with Crippen molar-refractivity contribution >= 4 is 46.3 Å². The van der Waals surface area contributed by atoms with Crippen molar-refractivity contribution in [2.75, 3.05) is 9.80 Å². The summed E-state index contributed by atoms with van der Waals surface area (Å²) in [5, 5.41) is 0. The highest BCUT2D eigenvalue weighted by molar-refractivity contribution is 5.92. The van der Waals surface area contributed by atoms with Crippen LogP contribution in [0.3, 0.4) is 0 Å². The summed E-state index contributed by atoms with van der Waals surface area (Å²) in [4.78, 5) is 4.51. The lowest BCUT2D eigenvalue weighted by Gasteiger charge is -2.35. The van der Waals surface area contributed by atoms with Gasteiger partial charge in [0.2, 0.25) is 0 Å². The molecule has 12 aromatic carbocycles. The summed E-state index contributed by atoms with van der Waals surface area (Å²) in [6.07, 6.45) is 3.81. The fourth-order valence-electron chi connectivity index (χ4n) is 14.3. The quantitative estimate of drug-likeness (QED) is 0.114. The van der Waals surface area contributed by atoms with Crippen LogP contribution in [0, 0.1) is 5.82 Å². The predicted octanol–water partition coefficient (Wildman–Crippen LogP) is 23.0. The molecule has 0 spiro atoms. The van der Waals surface area contributed by atoms with Crippen molar-refractivity contribution in [3.05, 3.63) is 371 Å².